The van der Waals surface area contributed by atoms with Gasteiger partial charge in [0.05, 0.1) is 17.0 Å². The number of hydrogen-bond donors (Lipinski definition) is 1. The molecule has 0 aromatic carbocycles. The lowest BCUT2D eigenvalue weighted by Crippen LogP contribution is -2.20. The van der Waals surface area contributed by atoms with E-state index in [0.717, 1.165) is 47.5 Å². The lowest BCUT2D eigenvalue weighted by Gasteiger charge is -2.01. The second-order valence-electron chi connectivity index (χ2n) is 5.18. The Bertz CT molecular complexity index is 861. The molecule has 0 aliphatic heterocycles. The van der Waals surface area contributed by atoms with Crippen molar-refractivity contribution in [3.05, 3.63) is 51.7 Å². The largest absolute Gasteiger partial charge is 0.293 e. The highest BCUT2D eigenvalue weighted by molar-refractivity contribution is 5.77. The fourth-order valence-electron chi connectivity index (χ4n) is 2.97. The third-order valence-corrected chi connectivity index (χ3v) is 3.90. The molecule has 0 atom stereocenters. The van der Waals surface area contributed by atoms with Crippen molar-refractivity contribution in [1.82, 2.24) is 19.6 Å². The van der Waals surface area contributed by atoms with Crippen LogP contribution in [0, 0.1) is 6.92 Å². The van der Waals surface area contributed by atoms with Crippen molar-refractivity contribution in [3.8, 4) is 11.3 Å². The zero-order valence-corrected chi connectivity index (χ0v) is 11.2. The van der Waals surface area contributed by atoms with Crippen LogP contribution in [0.25, 0.3) is 16.9 Å². The summed E-state index contributed by atoms with van der Waals surface area (Å²) in [5, 5.41) is 3.13. The van der Waals surface area contributed by atoms with Gasteiger partial charge in [0.2, 0.25) is 0 Å². The number of fused-ring (bicyclic) bond motifs is 2. The minimum Gasteiger partial charge on any atom is -0.293 e. The van der Waals surface area contributed by atoms with Crippen molar-refractivity contribution in [1.29, 1.82) is 0 Å². The summed E-state index contributed by atoms with van der Waals surface area (Å²) in [4.78, 5) is 21.6. The first kappa shape index (κ1) is 11.4. The summed E-state index contributed by atoms with van der Waals surface area (Å²) in [6.07, 6.45) is 4.50. The first-order chi connectivity index (χ1) is 9.75. The highest BCUT2D eigenvalue weighted by atomic mass is 16.1. The Morgan fingerprint density at radius 3 is 3.00 bits per heavy atom. The monoisotopic (exact) mass is 266 g/mol. The smallest absolute Gasteiger partial charge is 0.276 e. The van der Waals surface area contributed by atoms with E-state index in [0.29, 0.717) is 5.65 Å². The number of aromatic nitrogens is 4. The second-order valence-corrected chi connectivity index (χ2v) is 5.18. The first-order valence-electron chi connectivity index (χ1n) is 6.80. The highest BCUT2D eigenvalue weighted by Crippen LogP contribution is 2.26. The Morgan fingerprint density at radius 2 is 2.20 bits per heavy atom. The molecular formula is C15H14N4O. The lowest BCUT2D eigenvalue weighted by atomic mass is 10.1. The maximum Gasteiger partial charge on any atom is 0.276 e. The van der Waals surface area contributed by atoms with Gasteiger partial charge in [0.25, 0.3) is 5.56 Å². The maximum absolute atomic E-state index is 12.5. The molecule has 3 aromatic rings. The molecule has 4 rings (SSSR count). The molecule has 0 saturated heterocycles. The van der Waals surface area contributed by atoms with Gasteiger partial charge in [-0.1, -0.05) is 6.07 Å². The van der Waals surface area contributed by atoms with Crippen molar-refractivity contribution >= 4 is 5.65 Å². The highest BCUT2D eigenvalue weighted by Gasteiger charge is 2.22. The van der Waals surface area contributed by atoms with E-state index in [4.69, 9.17) is 4.98 Å². The van der Waals surface area contributed by atoms with Gasteiger partial charge in [-0.15, -0.1) is 0 Å². The van der Waals surface area contributed by atoms with Gasteiger partial charge in [0.1, 0.15) is 0 Å². The van der Waals surface area contributed by atoms with Crippen molar-refractivity contribution in [2.24, 2.45) is 0 Å². The van der Waals surface area contributed by atoms with E-state index in [1.807, 2.05) is 25.1 Å². The van der Waals surface area contributed by atoms with Crippen molar-refractivity contribution in [2.75, 3.05) is 0 Å². The summed E-state index contributed by atoms with van der Waals surface area (Å²) in [6, 6.07) is 5.76. The zero-order chi connectivity index (χ0) is 13.7. The molecule has 3 aromatic heterocycles. The Balaban J connectivity index is 2.11. The molecule has 1 aliphatic rings. The average molecular weight is 266 g/mol. The predicted octanol–water partition coefficient (Wildman–Crippen LogP) is 1.88. The fourth-order valence-corrected chi connectivity index (χ4v) is 2.97. The molecule has 0 fully saturated rings. The van der Waals surface area contributed by atoms with Crippen LogP contribution in [0.5, 0.6) is 0 Å². The van der Waals surface area contributed by atoms with Crippen molar-refractivity contribution in [3.63, 3.8) is 0 Å². The standard InChI is InChI=1S/C15H14N4O/c1-9-13(12-6-2-3-8-16-12)14-17-11-7-4-5-10(11)15(20)19(14)18-9/h2-3,6,8,18H,4-5,7H2,1H3. The average Bonchev–Trinajstić information content (AvgIpc) is 3.04. The Labute approximate surface area is 115 Å². The lowest BCUT2D eigenvalue weighted by molar-refractivity contribution is 0.856. The molecule has 100 valence electrons. The van der Waals surface area contributed by atoms with Gasteiger partial charge < -0.3 is 0 Å². The molecule has 0 unspecified atom stereocenters. The number of pyridine rings is 1. The summed E-state index contributed by atoms with van der Waals surface area (Å²) < 4.78 is 1.56. The van der Waals surface area contributed by atoms with E-state index in [9.17, 15) is 4.79 Å². The number of nitrogens with zero attached hydrogens (tertiary/aromatic N) is 3. The molecule has 0 saturated carbocycles. The molecule has 3 heterocycles. The number of H-pyrrole nitrogens is 1. The molecule has 5 heteroatoms. The van der Waals surface area contributed by atoms with E-state index in [2.05, 4.69) is 10.1 Å². The van der Waals surface area contributed by atoms with Crippen LogP contribution in [0.2, 0.25) is 0 Å². The van der Waals surface area contributed by atoms with Crippen LogP contribution in [-0.4, -0.2) is 19.6 Å². The summed E-state index contributed by atoms with van der Waals surface area (Å²) in [6.45, 7) is 1.95. The summed E-state index contributed by atoms with van der Waals surface area (Å²) in [5.74, 6) is 0. The number of aryl methyl sites for hydroxylation is 2. The molecule has 5 nitrogen and oxygen atoms in total. The maximum atomic E-state index is 12.5. The van der Waals surface area contributed by atoms with E-state index < -0.39 is 0 Å². The van der Waals surface area contributed by atoms with Gasteiger partial charge in [-0.2, -0.15) is 0 Å². The molecule has 0 radical (unpaired) electrons. The van der Waals surface area contributed by atoms with Crippen LogP contribution in [0.4, 0.5) is 0 Å². The van der Waals surface area contributed by atoms with Crippen molar-refractivity contribution in [2.45, 2.75) is 26.2 Å². The van der Waals surface area contributed by atoms with E-state index >= 15 is 0 Å². The molecule has 1 aliphatic carbocycles. The Hall–Kier alpha value is -2.43. The van der Waals surface area contributed by atoms with E-state index in [1.165, 1.54) is 0 Å². The van der Waals surface area contributed by atoms with Crippen LogP contribution in [0.15, 0.2) is 29.2 Å². The molecule has 0 bridgehead atoms. The van der Waals surface area contributed by atoms with E-state index in [-0.39, 0.29) is 5.56 Å². The minimum atomic E-state index is 0.0350. The number of nitrogens with one attached hydrogen (secondary N) is 1. The van der Waals surface area contributed by atoms with Gasteiger partial charge in [0.15, 0.2) is 5.65 Å². The van der Waals surface area contributed by atoms with Crippen LogP contribution in [0.3, 0.4) is 0 Å². The normalized spacial score (nSPS) is 13.8. The number of rotatable bonds is 1. The van der Waals surface area contributed by atoms with Gasteiger partial charge in [0, 0.05) is 17.5 Å². The molecule has 20 heavy (non-hydrogen) atoms. The molecular weight excluding hydrogens is 252 g/mol. The minimum absolute atomic E-state index is 0.0350. The van der Waals surface area contributed by atoms with Crippen LogP contribution >= 0.6 is 0 Å². The van der Waals surface area contributed by atoms with Crippen LogP contribution < -0.4 is 5.56 Å². The molecule has 1 N–H and O–H groups in total. The summed E-state index contributed by atoms with van der Waals surface area (Å²) in [7, 11) is 0. The van der Waals surface area contributed by atoms with Gasteiger partial charge in [-0.05, 0) is 38.3 Å². The Kier molecular flexibility index (Phi) is 2.30. The third kappa shape index (κ3) is 1.46. The second kappa shape index (κ2) is 4.03. The van der Waals surface area contributed by atoms with Crippen LogP contribution in [-0.2, 0) is 12.8 Å². The quantitative estimate of drug-likeness (QED) is 0.731. The predicted molar refractivity (Wildman–Crippen MR) is 75.8 cm³/mol. The third-order valence-electron chi connectivity index (χ3n) is 3.90. The topological polar surface area (TPSA) is 63.0 Å². The summed E-state index contributed by atoms with van der Waals surface area (Å²) in [5.41, 5.74) is 5.20. The van der Waals surface area contributed by atoms with Crippen molar-refractivity contribution < 1.29 is 0 Å². The van der Waals surface area contributed by atoms with E-state index in [1.54, 1.807) is 10.7 Å². The molecule has 0 amide bonds. The van der Waals surface area contributed by atoms with Gasteiger partial charge in [-0.25, -0.2) is 9.50 Å². The van der Waals surface area contributed by atoms with Crippen LogP contribution in [0.1, 0.15) is 23.4 Å². The van der Waals surface area contributed by atoms with Gasteiger partial charge >= 0.3 is 0 Å². The Morgan fingerprint density at radius 1 is 1.30 bits per heavy atom. The number of hydrogen-bond acceptors (Lipinski definition) is 3. The summed E-state index contributed by atoms with van der Waals surface area (Å²) >= 11 is 0. The van der Waals surface area contributed by atoms with Gasteiger partial charge in [-0.3, -0.25) is 14.9 Å². The fraction of sp³-hybridized carbons (Fsp3) is 0.267. The molecule has 0 spiro atoms. The first-order valence-corrected chi connectivity index (χ1v) is 6.80. The SMILES string of the molecule is Cc1[nH]n2c(=O)c3c(nc2c1-c1ccccn1)CCC3. The zero-order valence-electron chi connectivity index (χ0n) is 11.2. The number of aromatic amines is 1.